The van der Waals surface area contributed by atoms with Crippen LogP contribution in [0.1, 0.15) is 0 Å². The first kappa shape index (κ1) is 15.8. The van der Waals surface area contributed by atoms with Gasteiger partial charge in [-0.15, -0.1) is 22.7 Å². The van der Waals surface area contributed by atoms with Crippen molar-refractivity contribution in [3.8, 4) is 11.8 Å². The molecule has 0 aromatic carbocycles. The van der Waals surface area contributed by atoms with Gasteiger partial charge in [-0.25, -0.2) is 9.59 Å². The van der Waals surface area contributed by atoms with Crippen LogP contribution in [0.25, 0.3) is 0 Å². The van der Waals surface area contributed by atoms with E-state index in [2.05, 4.69) is 4.74 Å². The summed E-state index contributed by atoms with van der Waals surface area (Å²) in [6.07, 6.45) is 0. The van der Waals surface area contributed by atoms with Gasteiger partial charge in [0, 0.05) is 0 Å². The number of hydrogen-bond acceptors (Lipinski definition) is 9. The summed E-state index contributed by atoms with van der Waals surface area (Å²) in [5.74, 6) is -2.09. The molecule has 7 nitrogen and oxygen atoms in total. The molecule has 2 aromatic heterocycles. The molecule has 2 rings (SSSR count). The maximum Gasteiger partial charge on any atom is 0.333 e. The largest absolute Gasteiger partial charge is 0.494 e. The second-order valence-electron chi connectivity index (χ2n) is 3.74. The SMILES string of the molecule is O=C(Cn1c(O)csc1=S)OC(=O)Cn1c(O)csc1=S. The average molecular weight is 364 g/mol. The molecule has 0 saturated heterocycles. The molecule has 11 heteroatoms. The predicted molar refractivity (Wildman–Crippen MR) is 80.7 cm³/mol. The van der Waals surface area contributed by atoms with Crippen molar-refractivity contribution in [2.24, 2.45) is 0 Å². The van der Waals surface area contributed by atoms with Crippen molar-refractivity contribution in [1.82, 2.24) is 9.13 Å². The van der Waals surface area contributed by atoms with Gasteiger partial charge in [0.05, 0.1) is 10.8 Å². The van der Waals surface area contributed by atoms with Crippen LogP contribution in [-0.4, -0.2) is 31.3 Å². The first-order valence-corrected chi connectivity index (χ1v) is 7.94. The van der Waals surface area contributed by atoms with Gasteiger partial charge in [0.15, 0.2) is 7.91 Å². The molecule has 0 spiro atoms. The summed E-state index contributed by atoms with van der Waals surface area (Å²) in [5.41, 5.74) is 0. The van der Waals surface area contributed by atoms with Gasteiger partial charge in [0.1, 0.15) is 13.1 Å². The fourth-order valence-corrected chi connectivity index (χ4v) is 3.23. The van der Waals surface area contributed by atoms with E-state index in [1.165, 1.54) is 10.8 Å². The Hall–Kier alpha value is -1.56. The van der Waals surface area contributed by atoms with Crippen LogP contribution in [0.5, 0.6) is 11.8 Å². The van der Waals surface area contributed by atoms with E-state index >= 15 is 0 Å². The van der Waals surface area contributed by atoms with Crippen LogP contribution in [0.4, 0.5) is 0 Å². The quantitative estimate of drug-likeness (QED) is 0.487. The number of nitrogens with zero attached hydrogens (tertiary/aromatic N) is 2. The molecule has 0 saturated carbocycles. The standard InChI is InChI=1S/C10H8N2O5S4/c13-5-3-20-9(18)11(5)1-7(15)17-8(16)2-12-6(14)4-21-10(12)19/h3-4,13-14H,1-2H2. The Morgan fingerprint density at radius 2 is 1.38 bits per heavy atom. The van der Waals surface area contributed by atoms with E-state index in [9.17, 15) is 19.8 Å². The van der Waals surface area contributed by atoms with Gasteiger partial charge in [-0.2, -0.15) is 0 Å². The summed E-state index contributed by atoms with van der Waals surface area (Å²) in [6.45, 7) is -0.748. The normalized spacial score (nSPS) is 10.5. The minimum absolute atomic E-state index is 0.174. The number of carbonyl (C=O) groups excluding carboxylic acids is 2. The molecular formula is C10H8N2O5S4. The van der Waals surface area contributed by atoms with Crippen molar-refractivity contribution in [1.29, 1.82) is 0 Å². The third-order valence-electron chi connectivity index (χ3n) is 2.33. The van der Waals surface area contributed by atoms with E-state index < -0.39 is 11.9 Å². The van der Waals surface area contributed by atoms with Gasteiger partial charge < -0.3 is 14.9 Å². The summed E-state index contributed by atoms with van der Waals surface area (Å²) in [4.78, 5) is 23.2. The fourth-order valence-electron chi connectivity index (χ4n) is 1.39. The molecule has 112 valence electrons. The number of esters is 2. The lowest BCUT2D eigenvalue weighted by atomic mass is 10.6. The van der Waals surface area contributed by atoms with Crippen LogP contribution in [-0.2, 0) is 27.4 Å². The van der Waals surface area contributed by atoms with Crippen molar-refractivity contribution in [2.75, 3.05) is 0 Å². The number of aromatic hydroxyl groups is 2. The summed E-state index contributed by atoms with van der Waals surface area (Å²) in [6, 6.07) is 0. The molecule has 2 heterocycles. The summed E-state index contributed by atoms with van der Waals surface area (Å²) in [5, 5.41) is 21.7. The molecule has 2 aromatic rings. The Morgan fingerprint density at radius 3 is 1.67 bits per heavy atom. The molecule has 0 fully saturated rings. The molecule has 0 aliphatic rings. The Balaban J connectivity index is 1.99. The van der Waals surface area contributed by atoms with E-state index in [4.69, 9.17) is 24.4 Å². The number of carbonyl (C=O) groups is 2. The number of aromatic nitrogens is 2. The molecule has 2 N–H and O–H groups in total. The van der Waals surface area contributed by atoms with Crippen LogP contribution in [0.15, 0.2) is 10.8 Å². The molecule has 0 radical (unpaired) electrons. The lowest BCUT2D eigenvalue weighted by molar-refractivity contribution is -0.160. The van der Waals surface area contributed by atoms with Gasteiger partial charge in [0.2, 0.25) is 11.8 Å². The van der Waals surface area contributed by atoms with E-state index in [0.29, 0.717) is 0 Å². The monoisotopic (exact) mass is 364 g/mol. The van der Waals surface area contributed by atoms with Crippen molar-refractivity contribution < 1.29 is 24.5 Å². The van der Waals surface area contributed by atoms with Crippen LogP contribution in [0.2, 0.25) is 0 Å². The molecule has 0 aliphatic heterocycles. The predicted octanol–water partition coefficient (Wildman–Crippen LogP) is 2.05. The zero-order valence-corrected chi connectivity index (χ0v) is 13.5. The van der Waals surface area contributed by atoms with Gasteiger partial charge in [-0.05, 0) is 24.4 Å². The van der Waals surface area contributed by atoms with Gasteiger partial charge in [-0.3, -0.25) is 9.13 Å². The first-order chi connectivity index (χ1) is 9.88. The van der Waals surface area contributed by atoms with E-state index in [1.54, 1.807) is 0 Å². The summed E-state index contributed by atoms with van der Waals surface area (Å²) < 4.78 is 7.45. The van der Waals surface area contributed by atoms with Crippen molar-refractivity contribution in [2.45, 2.75) is 13.1 Å². The lowest BCUT2D eigenvalue weighted by Gasteiger charge is -2.06. The Labute approximate surface area is 136 Å². The first-order valence-electron chi connectivity index (χ1n) is 5.36. The highest BCUT2D eigenvalue weighted by atomic mass is 32.2. The topological polar surface area (TPSA) is 93.7 Å². The maximum atomic E-state index is 11.6. The Kier molecular flexibility index (Phi) is 4.88. The lowest BCUT2D eigenvalue weighted by Crippen LogP contribution is -2.21. The zero-order valence-electron chi connectivity index (χ0n) is 10.2. The third kappa shape index (κ3) is 3.75. The van der Waals surface area contributed by atoms with E-state index in [1.807, 2.05) is 0 Å². The zero-order chi connectivity index (χ0) is 15.6. The van der Waals surface area contributed by atoms with Gasteiger partial charge >= 0.3 is 11.9 Å². The van der Waals surface area contributed by atoms with Crippen LogP contribution >= 0.6 is 47.1 Å². The number of hydrogen-bond donors (Lipinski definition) is 2. The second-order valence-corrected chi connectivity index (χ2v) is 6.74. The molecule has 0 atom stereocenters. The Bertz CT molecular complexity index is 733. The smallest absolute Gasteiger partial charge is 0.333 e. The van der Waals surface area contributed by atoms with Crippen LogP contribution in [0, 0.1) is 7.91 Å². The molecule has 21 heavy (non-hydrogen) atoms. The number of thiazole rings is 2. The summed E-state index contributed by atoms with van der Waals surface area (Å²) >= 11 is 12.0. The number of rotatable bonds is 4. The van der Waals surface area contributed by atoms with Crippen LogP contribution in [0.3, 0.4) is 0 Å². The molecule has 0 unspecified atom stereocenters. The molecule has 0 amide bonds. The highest BCUT2D eigenvalue weighted by molar-refractivity contribution is 7.73. The molecule has 0 aliphatic carbocycles. The maximum absolute atomic E-state index is 11.6. The van der Waals surface area contributed by atoms with E-state index in [0.717, 1.165) is 31.8 Å². The van der Waals surface area contributed by atoms with Gasteiger partial charge in [-0.1, -0.05) is 0 Å². The van der Waals surface area contributed by atoms with E-state index in [-0.39, 0.29) is 32.8 Å². The van der Waals surface area contributed by atoms with Crippen molar-refractivity contribution in [3.05, 3.63) is 18.7 Å². The highest BCUT2D eigenvalue weighted by Crippen LogP contribution is 2.18. The fraction of sp³-hybridized carbons (Fsp3) is 0.200. The second kappa shape index (κ2) is 6.47. The molecule has 0 bridgehead atoms. The number of ether oxygens (including phenoxy) is 1. The highest BCUT2D eigenvalue weighted by Gasteiger charge is 2.16. The van der Waals surface area contributed by atoms with Crippen LogP contribution < -0.4 is 0 Å². The average Bonchev–Trinajstić information content (AvgIpc) is 2.88. The van der Waals surface area contributed by atoms with Gasteiger partial charge in [0.25, 0.3) is 0 Å². The molecular weight excluding hydrogens is 356 g/mol. The van der Waals surface area contributed by atoms with Crippen molar-refractivity contribution in [3.63, 3.8) is 0 Å². The summed E-state index contributed by atoms with van der Waals surface area (Å²) in [7, 11) is 0. The van der Waals surface area contributed by atoms with Crippen molar-refractivity contribution >= 4 is 59.0 Å². The third-order valence-corrected chi connectivity index (χ3v) is 4.85. The minimum Gasteiger partial charge on any atom is -0.494 e. The Morgan fingerprint density at radius 1 is 1.00 bits per heavy atom. The minimum atomic E-state index is -0.869.